The number of carbonyl (C=O) groups excluding carboxylic acids is 1. The number of ether oxygens (including phenoxy) is 1. The van der Waals surface area contributed by atoms with Gasteiger partial charge < -0.3 is 4.74 Å². The van der Waals surface area contributed by atoms with Crippen LogP contribution in [0.1, 0.15) is 11.5 Å². The van der Waals surface area contributed by atoms with Crippen molar-refractivity contribution < 1.29 is 9.53 Å². The zero-order chi connectivity index (χ0) is 9.97. The van der Waals surface area contributed by atoms with Crippen LogP contribution < -0.4 is 0 Å². The van der Waals surface area contributed by atoms with Crippen LogP contribution in [0.2, 0.25) is 0 Å². The van der Waals surface area contributed by atoms with Crippen LogP contribution >= 0.6 is 11.8 Å². The van der Waals surface area contributed by atoms with Gasteiger partial charge in [0.15, 0.2) is 5.78 Å². The van der Waals surface area contributed by atoms with E-state index in [9.17, 15) is 4.79 Å². The summed E-state index contributed by atoms with van der Waals surface area (Å²) in [6, 6.07) is 8.10. The molecule has 2 rings (SSSR count). The third kappa shape index (κ3) is 1.70. The molecule has 0 saturated carbocycles. The first kappa shape index (κ1) is 9.74. The first-order chi connectivity index (χ1) is 6.83. The van der Waals surface area contributed by atoms with Crippen LogP contribution in [0.25, 0.3) is 0 Å². The van der Waals surface area contributed by atoms with Crippen molar-refractivity contribution in [1.82, 2.24) is 0 Å². The summed E-state index contributed by atoms with van der Waals surface area (Å²) in [5, 5.41) is 0. The molecular weight excluding hydrogens is 196 g/mol. The number of methoxy groups -OCH3 is 1. The number of Topliss-reactive ketones (excluding diaryl/α,β-unsaturated/α-hetero) is 1. The molecule has 0 N–H and O–H groups in total. The molecule has 3 heteroatoms. The summed E-state index contributed by atoms with van der Waals surface area (Å²) in [5.41, 5.74) is 1.17. The largest absolute Gasteiger partial charge is 0.377 e. The molecule has 0 fully saturated rings. The highest BCUT2D eigenvalue weighted by atomic mass is 32.2. The maximum atomic E-state index is 11.7. The predicted molar refractivity (Wildman–Crippen MR) is 56.8 cm³/mol. The Morgan fingerprint density at radius 1 is 1.57 bits per heavy atom. The van der Waals surface area contributed by atoms with Gasteiger partial charge in [0.2, 0.25) is 0 Å². The van der Waals surface area contributed by atoms with E-state index in [4.69, 9.17) is 4.74 Å². The third-order valence-electron chi connectivity index (χ3n) is 2.38. The van der Waals surface area contributed by atoms with Crippen molar-refractivity contribution in [2.45, 2.75) is 10.8 Å². The highest BCUT2D eigenvalue weighted by molar-refractivity contribution is 7.99. The molecule has 1 aromatic rings. The van der Waals surface area contributed by atoms with Gasteiger partial charge in [0.25, 0.3) is 0 Å². The molecule has 74 valence electrons. The Morgan fingerprint density at radius 3 is 3.14 bits per heavy atom. The van der Waals surface area contributed by atoms with Crippen molar-refractivity contribution in [2.24, 2.45) is 0 Å². The average Bonchev–Trinajstić information content (AvgIpc) is 2.61. The number of thioether (sulfide) groups is 1. The molecule has 1 heterocycles. The summed E-state index contributed by atoms with van der Waals surface area (Å²) in [4.78, 5) is 12.9. The van der Waals surface area contributed by atoms with Gasteiger partial charge in [-0.05, 0) is 11.6 Å². The molecule has 0 aliphatic carbocycles. The summed E-state index contributed by atoms with van der Waals surface area (Å²) < 4.78 is 4.87. The molecule has 2 nitrogen and oxygen atoms in total. The number of hydrogen-bond donors (Lipinski definition) is 0. The lowest BCUT2D eigenvalue weighted by Crippen LogP contribution is -2.17. The Balaban J connectivity index is 2.21. The standard InChI is InChI=1S/C11H12O2S/c1-13-6-10(12)9-7-14-11-5-3-2-4-8(9)11/h2-5,9H,6-7H2,1H3. The molecular formula is C11H12O2S. The molecule has 1 unspecified atom stereocenters. The van der Waals surface area contributed by atoms with Crippen LogP contribution in [0.5, 0.6) is 0 Å². The lowest BCUT2D eigenvalue weighted by Gasteiger charge is -2.07. The van der Waals surface area contributed by atoms with Crippen LogP contribution in [-0.2, 0) is 9.53 Å². The summed E-state index contributed by atoms with van der Waals surface area (Å²) >= 11 is 1.75. The first-order valence-corrected chi connectivity index (χ1v) is 5.55. The van der Waals surface area contributed by atoms with Crippen LogP contribution in [0, 0.1) is 0 Å². The Kier molecular flexibility index (Phi) is 2.89. The molecule has 1 aliphatic heterocycles. The van der Waals surface area contributed by atoms with E-state index in [1.54, 1.807) is 18.9 Å². The summed E-state index contributed by atoms with van der Waals surface area (Å²) in [6.45, 7) is 0.222. The van der Waals surface area contributed by atoms with Crippen LogP contribution in [0.4, 0.5) is 0 Å². The highest BCUT2D eigenvalue weighted by Gasteiger charge is 2.28. The minimum absolute atomic E-state index is 0.0381. The number of benzene rings is 1. The first-order valence-electron chi connectivity index (χ1n) is 4.56. The van der Waals surface area contributed by atoms with Gasteiger partial charge >= 0.3 is 0 Å². The van der Waals surface area contributed by atoms with E-state index in [0.717, 1.165) is 5.75 Å². The maximum absolute atomic E-state index is 11.7. The zero-order valence-electron chi connectivity index (χ0n) is 8.03. The fraction of sp³-hybridized carbons (Fsp3) is 0.364. The zero-order valence-corrected chi connectivity index (χ0v) is 8.84. The Hall–Kier alpha value is -0.800. The molecule has 14 heavy (non-hydrogen) atoms. The predicted octanol–water partition coefficient (Wildman–Crippen LogP) is 2.09. The lowest BCUT2D eigenvalue weighted by atomic mass is 9.97. The Labute approximate surface area is 87.6 Å². The second-order valence-electron chi connectivity index (χ2n) is 3.30. The third-order valence-corrected chi connectivity index (χ3v) is 3.56. The number of ketones is 1. The van der Waals surface area contributed by atoms with E-state index in [0.29, 0.717) is 0 Å². The van der Waals surface area contributed by atoms with E-state index in [1.807, 2.05) is 18.2 Å². The SMILES string of the molecule is COCC(=O)C1CSc2ccccc21. The van der Waals surface area contributed by atoms with Crippen molar-refractivity contribution in [3.05, 3.63) is 29.8 Å². The fourth-order valence-corrected chi connectivity index (χ4v) is 2.94. The molecule has 1 aromatic carbocycles. The van der Waals surface area contributed by atoms with Gasteiger partial charge in [-0.2, -0.15) is 0 Å². The van der Waals surface area contributed by atoms with E-state index >= 15 is 0 Å². The number of rotatable bonds is 3. The van der Waals surface area contributed by atoms with Crippen LogP contribution in [-0.4, -0.2) is 25.3 Å². The number of hydrogen-bond acceptors (Lipinski definition) is 3. The number of fused-ring (bicyclic) bond motifs is 1. The quantitative estimate of drug-likeness (QED) is 0.761. The molecule has 0 spiro atoms. The molecule has 0 aromatic heterocycles. The minimum Gasteiger partial charge on any atom is -0.377 e. The second-order valence-corrected chi connectivity index (χ2v) is 4.36. The van der Waals surface area contributed by atoms with Gasteiger partial charge in [0.1, 0.15) is 6.61 Å². The van der Waals surface area contributed by atoms with E-state index in [2.05, 4.69) is 6.07 Å². The molecule has 0 bridgehead atoms. The van der Waals surface area contributed by atoms with Gasteiger partial charge in [-0.3, -0.25) is 4.79 Å². The van der Waals surface area contributed by atoms with Gasteiger partial charge in [0.05, 0.1) is 5.92 Å². The van der Waals surface area contributed by atoms with Crippen LogP contribution in [0.3, 0.4) is 0 Å². The summed E-state index contributed by atoms with van der Waals surface area (Å²) in [7, 11) is 1.56. The van der Waals surface area contributed by atoms with E-state index < -0.39 is 0 Å². The van der Waals surface area contributed by atoms with Crippen molar-refractivity contribution in [3.63, 3.8) is 0 Å². The van der Waals surface area contributed by atoms with E-state index in [-0.39, 0.29) is 18.3 Å². The second kappa shape index (κ2) is 4.15. The van der Waals surface area contributed by atoms with Gasteiger partial charge in [-0.15, -0.1) is 11.8 Å². The minimum atomic E-state index is 0.0381. The maximum Gasteiger partial charge on any atom is 0.166 e. The van der Waals surface area contributed by atoms with Gasteiger partial charge in [-0.1, -0.05) is 18.2 Å². The Morgan fingerprint density at radius 2 is 2.36 bits per heavy atom. The average molecular weight is 208 g/mol. The lowest BCUT2D eigenvalue weighted by molar-refractivity contribution is -0.123. The topological polar surface area (TPSA) is 26.3 Å². The van der Waals surface area contributed by atoms with Crippen LogP contribution in [0.15, 0.2) is 29.2 Å². The van der Waals surface area contributed by atoms with Crippen molar-refractivity contribution in [1.29, 1.82) is 0 Å². The van der Waals surface area contributed by atoms with Crippen molar-refractivity contribution >= 4 is 17.5 Å². The fourth-order valence-electron chi connectivity index (χ4n) is 1.67. The molecule has 1 aliphatic rings. The smallest absolute Gasteiger partial charge is 0.166 e. The summed E-state index contributed by atoms with van der Waals surface area (Å²) in [6.07, 6.45) is 0. The normalized spacial score (nSPS) is 19.4. The van der Waals surface area contributed by atoms with Crippen molar-refractivity contribution in [3.8, 4) is 0 Å². The molecule has 0 saturated heterocycles. The van der Waals surface area contributed by atoms with Crippen molar-refractivity contribution in [2.75, 3.05) is 19.5 Å². The molecule has 0 radical (unpaired) electrons. The summed E-state index contributed by atoms with van der Waals surface area (Å²) in [5.74, 6) is 1.09. The number of carbonyl (C=O) groups is 1. The van der Waals surface area contributed by atoms with Gasteiger partial charge in [-0.25, -0.2) is 0 Å². The Bertz CT molecular complexity index is 349. The monoisotopic (exact) mass is 208 g/mol. The molecule has 0 amide bonds. The molecule has 1 atom stereocenters. The van der Waals surface area contributed by atoms with Gasteiger partial charge in [0, 0.05) is 17.8 Å². The highest BCUT2D eigenvalue weighted by Crippen LogP contribution is 2.39. The van der Waals surface area contributed by atoms with E-state index in [1.165, 1.54) is 10.5 Å².